The summed E-state index contributed by atoms with van der Waals surface area (Å²) in [6, 6.07) is 1.46. The van der Waals surface area contributed by atoms with Gasteiger partial charge in [-0.2, -0.15) is 0 Å². The van der Waals surface area contributed by atoms with Gasteiger partial charge in [0.1, 0.15) is 0 Å². The Balaban J connectivity index is 2.35. The lowest BCUT2D eigenvalue weighted by Gasteiger charge is -2.40. The Hall–Kier alpha value is -0.120. The number of rotatable bonds is 5. The van der Waals surface area contributed by atoms with Crippen LogP contribution in [-0.4, -0.2) is 61.2 Å². The Labute approximate surface area is 120 Å². The standard InChI is InChI=1S/C16H35N3/c1-13(12-17-16(3,4)5)14(2)19-10-8-15(9-11-19)18(6)7/h13-15,17H,8-12H2,1-7H3. The van der Waals surface area contributed by atoms with E-state index in [1.807, 2.05) is 0 Å². The van der Waals surface area contributed by atoms with Crippen molar-refractivity contribution in [2.75, 3.05) is 33.7 Å². The minimum atomic E-state index is 0.228. The first-order chi connectivity index (χ1) is 8.70. The van der Waals surface area contributed by atoms with Crippen LogP contribution >= 0.6 is 0 Å². The van der Waals surface area contributed by atoms with E-state index in [4.69, 9.17) is 0 Å². The SMILES string of the molecule is CC(CNC(C)(C)C)C(C)N1CCC(N(C)C)CC1. The third-order valence-electron chi connectivity index (χ3n) is 4.58. The highest BCUT2D eigenvalue weighted by Crippen LogP contribution is 2.20. The Morgan fingerprint density at radius 1 is 1.16 bits per heavy atom. The molecule has 1 fully saturated rings. The Kier molecular flexibility index (Phi) is 6.28. The maximum absolute atomic E-state index is 3.63. The lowest BCUT2D eigenvalue weighted by molar-refractivity contribution is 0.0896. The van der Waals surface area contributed by atoms with Crippen molar-refractivity contribution in [2.45, 2.75) is 65.1 Å². The average molecular weight is 269 g/mol. The van der Waals surface area contributed by atoms with Crippen molar-refractivity contribution in [1.82, 2.24) is 15.1 Å². The predicted molar refractivity (Wildman–Crippen MR) is 84.7 cm³/mol. The van der Waals surface area contributed by atoms with Crippen LogP contribution in [0.5, 0.6) is 0 Å². The monoisotopic (exact) mass is 269 g/mol. The molecule has 0 spiro atoms. The summed E-state index contributed by atoms with van der Waals surface area (Å²) in [5.74, 6) is 0.704. The average Bonchev–Trinajstić information content (AvgIpc) is 2.34. The molecular weight excluding hydrogens is 234 g/mol. The smallest absolute Gasteiger partial charge is 0.0113 e. The van der Waals surface area contributed by atoms with Gasteiger partial charge in [0.15, 0.2) is 0 Å². The van der Waals surface area contributed by atoms with E-state index in [0.29, 0.717) is 12.0 Å². The number of hydrogen-bond acceptors (Lipinski definition) is 3. The van der Waals surface area contributed by atoms with Gasteiger partial charge in [-0.3, -0.25) is 0 Å². The van der Waals surface area contributed by atoms with E-state index in [0.717, 1.165) is 12.6 Å². The Morgan fingerprint density at radius 2 is 1.68 bits per heavy atom. The van der Waals surface area contributed by atoms with Gasteiger partial charge in [0.2, 0.25) is 0 Å². The molecule has 114 valence electrons. The van der Waals surface area contributed by atoms with Gasteiger partial charge in [0.25, 0.3) is 0 Å². The van der Waals surface area contributed by atoms with Gasteiger partial charge in [-0.1, -0.05) is 6.92 Å². The molecule has 0 amide bonds. The highest BCUT2D eigenvalue weighted by atomic mass is 15.2. The second-order valence-electron chi connectivity index (χ2n) is 7.58. The molecule has 1 aliphatic heterocycles. The van der Waals surface area contributed by atoms with Crippen LogP contribution in [0.3, 0.4) is 0 Å². The Morgan fingerprint density at radius 3 is 2.11 bits per heavy atom. The molecule has 0 bridgehead atoms. The van der Waals surface area contributed by atoms with Gasteiger partial charge in [0, 0.05) is 17.6 Å². The third-order valence-corrected chi connectivity index (χ3v) is 4.58. The molecule has 19 heavy (non-hydrogen) atoms. The minimum absolute atomic E-state index is 0.228. The van der Waals surface area contributed by atoms with Gasteiger partial charge in [-0.05, 0) is 80.2 Å². The molecule has 0 saturated carbocycles. The molecular formula is C16H35N3. The maximum Gasteiger partial charge on any atom is 0.0113 e. The quantitative estimate of drug-likeness (QED) is 0.827. The van der Waals surface area contributed by atoms with E-state index in [1.165, 1.54) is 25.9 Å². The minimum Gasteiger partial charge on any atom is -0.312 e. The predicted octanol–water partition coefficient (Wildman–Crippen LogP) is 2.43. The van der Waals surface area contributed by atoms with Crippen molar-refractivity contribution in [1.29, 1.82) is 0 Å². The van der Waals surface area contributed by atoms with Crippen molar-refractivity contribution >= 4 is 0 Å². The molecule has 2 unspecified atom stereocenters. The van der Waals surface area contributed by atoms with Crippen LogP contribution in [0.4, 0.5) is 0 Å². The largest absolute Gasteiger partial charge is 0.312 e. The van der Waals surface area contributed by atoms with Crippen LogP contribution in [0.1, 0.15) is 47.5 Å². The van der Waals surface area contributed by atoms with Crippen molar-refractivity contribution in [2.24, 2.45) is 5.92 Å². The summed E-state index contributed by atoms with van der Waals surface area (Å²) in [7, 11) is 4.42. The number of hydrogen-bond donors (Lipinski definition) is 1. The van der Waals surface area contributed by atoms with Crippen LogP contribution in [0.15, 0.2) is 0 Å². The van der Waals surface area contributed by atoms with Crippen LogP contribution in [0.2, 0.25) is 0 Å². The zero-order valence-electron chi connectivity index (χ0n) is 14.2. The molecule has 3 heteroatoms. The summed E-state index contributed by atoms with van der Waals surface area (Å²) in [6.07, 6.45) is 2.63. The molecule has 1 rings (SSSR count). The highest BCUT2D eigenvalue weighted by Gasteiger charge is 2.26. The van der Waals surface area contributed by atoms with Crippen LogP contribution in [-0.2, 0) is 0 Å². The van der Waals surface area contributed by atoms with E-state index in [1.54, 1.807) is 0 Å². The summed E-state index contributed by atoms with van der Waals surface area (Å²) < 4.78 is 0. The molecule has 0 radical (unpaired) electrons. The molecule has 1 N–H and O–H groups in total. The number of nitrogens with zero attached hydrogens (tertiary/aromatic N) is 2. The van der Waals surface area contributed by atoms with Crippen molar-refractivity contribution in [3.63, 3.8) is 0 Å². The van der Waals surface area contributed by atoms with Gasteiger partial charge in [-0.15, -0.1) is 0 Å². The molecule has 3 nitrogen and oxygen atoms in total. The number of likely N-dealkylation sites (tertiary alicyclic amines) is 1. The first kappa shape index (κ1) is 16.9. The summed E-state index contributed by atoms with van der Waals surface area (Å²) in [5.41, 5.74) is 0.228. The van der Waals surface area contributed by atoms with Crippen LogP contribution in [0, 0.1) is 5.92 Å². The summed E-state index contributed by atoms with van der Waals surface area (Å²) >= 11 is 0. The summed E-state index contributed by atoms with van der Waals surface area (Å²) in [6.45, 7) is 15.1. The normalized spacial score (nSPS) is 22.7. The molecule has 0 aromatic heterocycles. The lowest BCUT2D eigenvalue weighted by atomic mass is 9.96. The Bertz CT molecular complexity index is 249. The maximum atomic E-state index is 3.63. The summed E-state index contributed by atoms with van der Waals surface area (Å²) in [5, 5.41) is 3.63. The molecule has 1 saturated heterocycles. The van der Waals surface area contributed by atoms with Crippen molar-refractivity contribution < 1.29 is 0 Å². The zero-order valence-corrected chi connectivity index (χ0v) is 14.2. The fourth-order valence-electron chi connectivity index (χ4n) is 2.81. The fourth-order valence-corrected chi connectivity index (χ4v) is 2.81. The molecule has 0 aromatic rings. The van der Waals surface area contributed by atoms with E-state index in [-0.39, 0.29) is 5.54 Å². The zero-order chi connectivity index (χ0) is 14.6. The van der Waals surface area contributed by atoms with Gasteiger partial charge >= 0.3 is 0 Å². The molecule has 2 atom stereocenters. The van der Waals surface area contributed by atoms with E-state index >= 15 is 0 Å². The third kappa shape index (κ3) is 5.80. The molecule has 0 aliphatic carbocycles. The van der Waals surface area contributed by atoms with Crippen LogP contribution < -0.4 is 5.32 Å². The molecule has 0 aromatic carbocycles. The summed E-state index contributed by atoms with van der Waals surface area (Å²) in [4.78, 5) is 5.06. The van der Waals surface area contributed by atoms with Crippen molar-refractivity contribution in [3.05, 3.63) is 0 Å². The van der Waals surface area contributed by atoms with Gasteiger partial charge in [0.05, 0.1) is 0 Å². The van der Waals surface area contributed by atoms with Crippen LogP contribution in [0.25, 0.3) is 0 Å². The second kappa shape index (κ2) is 7.05. The van der Waals surface area contributed by atoms with E-state index < -0.39 is 0 Å². The molecule has 1 heterocycles. The highest BCUT2D eigenvalue weighted by molar-refractivity contribution is 4.83. The van der Waals surface area contributed by atoms with E-state index in [2.05, 4.69) is 63.8 Å². The first-order valence-corrected chi connectivity index (χ1v) is 7.86. The first-order valence-electron chi connectivity index (χ1n) is 7.86. The van der Waals surface area contributed by atoms with Crippen molar-refractivity contribution in [3.8, 4) is 0 Å². The fraction of sp³-hybridized carbons (Fsp3) is 1.00. The van der Waals surface area contributed by atoms with E-state index in [9.17, 15) is 0 Å². The topological polar surface area (TPSA) is 18.5 Å². The molecule has 1 aliphatic rings. The second-order valence-corrected chi connectivity index (χ2v) is 7.58. The van der Waals surface area contributed by atoms with Gasteiger partial charge in [-0.25, -0.2) is 0 Å². The number of nitrogens with one attached hydrogen (secondary N) is 1. The lowest BCUT2D eigenvalue weighted by Crippen LogP contribution is -2.50. The number of piperidine rings is 1. The van der Waals surface area contributed by atoms with Gasteiger partial charge < -0.3 is 15.1 Å².